The van der Waals surface area contributed by atoms with E-state index in [1.54, 1.807) is 0 Å². The Hall–Kier alpha value is -0.880. The smallest absolute Gasteiger partial charge is 0.0546 e. The van der Waals surface area contributed by atoms with E-state index in [0.717, 1.165) is 19.1 Å². The molecule has 0 aromatic rings. The van der Waals surface area contributed by atoms with Gasteiger partial charge in [0.1, 0.15) is 0 Å². The molecule has 24 heavy (non-hydrogen) atoms. The predicted molar refractivity (Wildman–Crippen MR) is 101 cm³/mol. The molecule has 2 fully saturated rings. The summed E-state index contributed by atoms with van der Waals surface area (Å²) in [6, 6.07) is 0.801. The van der Waals surface area contributed by atoms with E-state index in [2.05, 4.69) is 53.1 Å². The Labute approximate surface area is 147 Å². The maximum Gasteiger partial charge on any atom is 0.0546 e. The fourth-order valence-corrected chi connectivity index (χ4v) is 4.26. The molecule has 5 nitrogen and oxygen atoms in total. The van der Waals surface area contributed by atoms with Gasteiger partial charge < -0.3 is 20.9 Å². The molecule has 2 aliphatic heterocycles. The van der Waals surface area contributed by atoms with E-state index < -0.39 is 0 Å². The van der Waals surface area contributed by atoms with Crippen LogP contribution < -0.4 is 11.1 Å². The Balaban J connectivity index is 1.62. The van der Waals surface area contributed by atoms with Gasteiger partial charge in [0.2, 0.25) is 0 Å². The molecule has 0 aromatic heterocycles. The number of piperazine rings is 1. The van der Waals surface area contributed by atoms with Crippen molar-refractivity contribution in [3.8, 4) is 0 Å². The van der Waals surface area contributed by atoms with E-state index >= 15 is 0 Å². The van der Waals surface area contributed by atoms with Crippen LogP contribution in [0.1, 0.15) is 26.7 Å². The first-order chi connectivity index (χ1) is 11.4. The molecule has 3 aliphatic rings. The maximum absolute atomic E-state index is 6.32. The van der Waals surface area contributed by atoms with Crippen molar-refractivity contribution in [2.24, 2.45) is 5.73 Å². The highest BCUT2D eigenvalue weighted by molar-refractivity contribution is 5.39. The lowest BCUT2D eigenvalue weighted by atomic mass is 9.84. The molecule has 5 heteroatoms. The van der Waals surface area contributed by atoms with Crippen molar-refractivity contribution >= 4 is 0 Å². The molecule has 0 radical (unpaired) electrons. The number of likely N-dealkylation sites (tertiary alicyclic amines) is 1. The van der Waals surface area contributed by atoms with Gasteiger partial charge in [-0.05, 0) is 52.4 Å². The van der Waals surface area contributed by atoms with Crippen LogP contribution in [0.2, 0.25) is 0 Å². The highest BCUT2D eigenvalue weighted by Crippen LogP contribution is 2.30. The Morgan fingerprint density at radius 1 is 1.12 bits per heavy atom. The minimum absolute atomic E-state index is 0.0362. The third kappa shape index (κ3) is 3.54. The zero-order valence-electron chi connectivity index (χ0n) is 15.9. The molecule has 2 saturated heterocycles. The van der Waals surface area contributed by atoms with Crippen molar-refractivity contribution in [1.29, 1.82) is 0 Å². The second-order valence-electron chi connectivity index (χ2n) is 8.00. The van der Waals surface area contributed by atoms with E-state index in [1.165, 1.54) is 50.3 Å². The summed E-state index contributed by atoms with van der Waals surface area (Å²) in [6.45, 7) is 11.6. The first-order valence-corrected chi connectivity index (χ1v) is 9.46. The van der Waals surface area contributed by atoms with E-state index in [1.807, 2.05) is 7.05 Å². The number of nitrogens with one attached hydrogen (secondary N) is 1. The third-order valence-corrected chi connectivity index (χ3v) is 6.36. The predicted octanol–water partition coefficient (Wildman–Crippen LogP) is 0.847. The Morgan fingerprint density at radius 3 is 2.33 bits per heavy atom. The second-order valence-corrected chi connectivity index (χ2v) is 8.00. The van der Waals surface area contributed by atoms with Crippen LogP contribution in [-0.4, -0.2) is 85.7 Å². The SMILES string of the molecule is CNC1(C)C=C(N2CCC(N3CCN(C)CC3)CC2)C(C)=CC1N. The summed E-state index contributed by atoms with van der Waals surface area (Å²) < 4.78 is 0. The zero-order chi connectivity index (χ0) is 17.3. The van der Waals surface area contributed by atoms with Gasteiger partial charge in [0.05, 0.1) is 5.54 Å². The van der Waals surface area contributed by atoms with Crippen molar-refractivity contribution in [2.75, 3.05) is 53.4 Å². The Bertz CT molecular complexity index is 498. The van der Waals surface area contributed by atoms with Crippen LogP contribution in [0.25, 0.3) is 0 Å². The van der Waals surface area contributed by atoms with Crippen LogP contribution in [-0.2, 0) is 0 Å². The van der Waals surface area contributed by atoms with Crippen LogP contribution in [0, 0.1) is 0 Å². The lowest BCUT2D eigenvalue weighted by Gasteiger charge is -2.45. The van der Waals surface area contributed by atoms with Gasteiger partial charge in [-0.3, -0.25) is 4.90 Å². The number of nitrogens with two attached hydrogens (primary N) is 1. The Morgan fingerprint density at radius 2 is 1.75 bits per heavy atom. The quantitative estimate of drug-likeness (QED) is 0.802. The molecule has 0 bridgehead atoms. The topological polar surface area (TPSA) is 47.8 Å². The average Bonchev–Trinajstić information content (AvgIpc) is 2.59. The fraction of sp³-hybridized carbons (Fsp3) is 0.789. The number of rotatable bonds is 3. The summed E-state index contributed by atoms with van der Waals surface area (Å²) in [4.78, 5) is 7.72. The van der Waals surface area contributed by atoms with Gasteiger partial charge in [0, 0.05) is 57.0 Å². The molecule has 2 unspecified atom stereocenters. The van der Waals surface area contributed by atoms with Gasteiger partial charge in [0.25, 0.3) is 0 Å². The van der Waals surface area contributed by atoms with Crippen molar-refractivity contribution in [2.45, 2.75) is 44.3 Å². The lowest BCUT2D eigenvalue weighted by Crippen LogP contribution is -2.55. The second kappa shape index (κ2) is 7.16. The van der Waals surface area contributed by atoms with Gasteiger partial charge in [-0.25, -0.2) is 0 Å². The van der Waals surface area contributed by atoms with Gasteiger partial charge in [-0.15, -0.1) is 0 Å². The summed E-state index contributed by atoms with van der Waals surface area (Å²) in [6.07, 6.45) is 7.12. The van der Waals surface area contributed by atoms with Crippen LogP contribution in [0.4, 0.5) is 0 Å². The third-order valence-electron chi connectivity index (χ3n) is 6.36. The van der Waals surface area contributed by atoms with E-state index in [0.29, 0.717) is 0 Å². The minimum atomic E-state index is -0.150. The van der Waals surface area contributed by atoms with Crippen LogP contribution in [0.15, 0.2) is 23.4 Å². The summed E-state index contributed by atoms with van der Waals surface area (Å²) in [7, 11) is 4.23. The largest absolute Gasteiger partial charge is 0.371 e. The summed E-state index contributed by atoms with van der Waals surface area (Å²) in [5, 5.41) is 3.40. The summed E-state index contributed by atoms with van der Waals surface area (Å²) in [5.74, 6) is 0. The van der Waals surface area contributed by atoms with E-state index in [-0.39, 0.29) is 11.6 Å². The molecule has 3 N–H and O–H groups in total. The van der Waals surface area contributed by atoms with E-state index in [9.17, 15) is 0 Å². The van der Waals surface area contributed by atoms with Crippen molar-refractivity contribution < 1.29 is 0 Å². The van der Waals surface area contributed by atoms with Crippen LogP contribution in [0.5, 0.6) is 0 Å². The molecule has 0 spiro atoms. The van der Waals surface area contributed by atoms with Crippen molar-refractivity contribution in [1.82, 2.24) is 20.0 Å². The maximum atomic E-state index is 6.32. The summed E-state index contributed by atoms with van der Waals surface area (Å²) in [5.41, 5.74) is 8.88. The highest BCUT2D eigenvalue weighted by Gasteiger charge is 2.34. The standard InChI is InChI=1S/C19H35N5/c1-15-13-18(20)19(2,21-3)14-17(15)24-7-5-16(6-8-24)23-11-9-22(4)10-12-23/h13-14,16,18,21H,5-12,20H2,1-4H3. The number of allylic oxidation sites excluding steroid dienone is 1. The highest BCUT2D eigenvalue weighted by atomic mass is 15.3. The zero-order valence-corrected chi connectivity index (χ0v) is 15.9. The number of nitrogens with zero attached hydrogens (tertiary/aromatic N) is 3. The Kier molecular flexibility index (Phi) is 5.35. The van der Waals surface area contributed by atoms with Crippen molar-refractivity contribution in [3.63, 3.8) is 0 Å². The normalized spacial score (nSPS) is 34.2. The van der Waals surface area contributed by atoms with Crippen LogP contribution >= 0.6 is 0 Å². The van der Waals surface area contributed by atoms with Gasteiger partial charge in [-0.1, -0.05) is 6.08 Å². The number of hydrogen-bond donors (Lipinski definition) is 2. The molecular formula is C19H35N5. The first-order valence-electron chi connectivity index (χ1n) is 9.46. The van der Waals surface area contributed by atoms with Crippen LogP contribution in [0.3, 0.4) is 0 Å². The first kappa shape index (κ1) is 17.9. The minimum Gasteiger partial charge on any atom is -0.371 e. The number of hydrogen-bond acceptors (Lipinski definition) is 5. The molecular weight excluding hydrogens is 298 g/mol. The molecule has 2 atom stereocenters. The molecule has 3 rings (SSSR count). The number of piperidine rings is 1. The molecule has 1 aliphatic carbocycles. The van der Waals surface area contributed by atoms with E-state index in [4.69, 9.17) is 5.73 Å². The molecule has 136 valence electrons. The van der Waals surface area contributed by atoms with Crippen molar-refractivity contribution in [3.05, 3.63) is 23.4 Å². The molecule has 0 amide bonds. The number of likely N-dealkylation sites (N-methyl/N-ethyl adjacent to an activating group) is 2. The van der Waals surface area contributed by atoms with Gasteiger partial charge >= 0.3 is 0 Å². The van der Waals surface area contributed by atoms with Gasteiger partial charge in [0.15, 0.2) is 0 Å². The van der Waals surface area contributed by atoms with Gasteiger partial charge in [-0.2, -0.15) is 0 Å². The molecule has 0 aromatic carbocycles. The molecule has 0 saturated carbocycles. The monoisotopic (exact) mass is 333 g/mol. The lowest BCUT2D eigenvalue weighted by molar-refractivity contribution is 0.0758. The summed E-state index contributed by atoms with van der Waals surface area (Å²) >= 11 is 0. The fourth-order valence-electron chi connectivity index (χ4n) is 4.26. The molecule has 2 heterocycles. The average molecular weight is 334 g/mol.